The van der Waals surface area contributed by atoms with Gasteiger partial charge in [-0.1, -0.05) is 52.4 Å². The number of hydrogen-bond acceptors (Lipinski definition) is 6. The van der Waals surface area contributed by atoms with Gasteiger partial charge in [0.2, 0.25) is 0 Å². The Bertz CT molecular complexity index is 1120. The summed E-state index contributed by atoms with van der Waals surface area (Å²) in [5, 5.41) is 9.51. The van der Waals surface area contributed by atoms with Gasteiger partial charge in [0.1, 0.15) is 17.6 Å². The number of carbonyl (C=O) groups is 1. The van der Waals surface area contributed by atoms with Crippen molar-refractivity contribution in [2.75, 3.05) is 6.61 Å². The first-order valence-corrected chi connectivity index (χ1v) is 12.4. The Hall–Kier alpha value is -3.72. The summed E-state index contributed by atoms with van der Waals surface area (Å²) in [7, 11) is 0. The van der Waals surface area contributed by atoms with E-state index in [1.54, 1.807) is 24.3 Å². The molecule has 35 heavy (non-hydrogen) atoms. The highest BCUT2D eigenvalue weighted by atomic mass is 16.5. The zero-order valence-electron chi connectivity index (χ0n) is 20.6. The highest BCUT2D eigenvalue weighted by molar-refractivity contribution is 5.91. The largest absolute Gasteiger partial charge is 0.492 e. The highest BCUT2D eigenvalue weighted by Gasteiger charge is 2.13. The van der Waals surface area contributed by atoms with Gasteiger partial charge in [-0.25, -0.2) is 14.8 Å². The SMILES string of the molecule is CCCCCCCCOc1ccc(C(=O)Oc2ccc(-c3ncc(CCC)cn3)cc2)cc1C#N. The number of rotatable bonds is 13. The van der Waals surface area contributed by atoms with Gasteiger partial charge >= 0.3 is 5.97 Å². The molecule has 6 nitrogen and oxygen atoms in total. The molecule has 0 bridgehead atoms. The summed E-state index contributed by atoms with van der Waals surface area (Å²) in [6.45, 7) is 4.88. The molecule has 2 aromatic carbocycles. The number of esters is 1. The fourth-order valence-corrected chi connectivity index (χ4v) is 3.69. The van der Waals surface area contributed by atoms with E-state index in [-0.39, 0.29) is 0 Å². The number of nitrogens with zero attached hydrogens (tertiary/aromatic N) is 3. The smallest absolute Gasteiger partial charge is 0.343 e. The maximum absolute atomic E-state index is 12.6. The van der Waals surface area contributed by atoms with Gasteiger partial charge in [0, 0.05) is 18.0 Å². The van der Waals surface area contributed by atoms with Crippen LogP contribution in [0.25, 0.3) is 11.4 Å². The lowest BCUT2D eigenvalue weighted by Gasteiger charge is -2.10. The second-order valence-electron chi connectivity index (χ2n) is 8.52. The van der Waals surface area contributed by atoms with Crippen molar-refractivity contribution in [1.82, 2.24) is 9.97 Å². The monoisotopic (exact) mass is 471 g/mol. The minimum Gasteiger partial charge on any atom is -0.492 e. The van der Waals surface area contributed by atoms with Crippen molar-refractivity contribution in [1.29, 1.82) is 5.26 Å². The van der Waals surface area contributed by atoms with Crippen LogP contribution in [0.3, 0.4) is 0 Å². The molecular weight excluding hydrogens is 438 g/mol. The Kier molecular flexibility index (Phi) is 10.3. The van der Waals surface area contributed by atoms with Crippen molar-refractivity contribution in [3.63, 3.8) is 0 Å². The molecule has 0 radical (unpaired) electrons. The van der Waals surface area contributed by atoms with Crippen LogP contribution >= 0.6 is 0 Å². The molecule has 0 saturated heterocycles. The molecule has 0 amide bonds. The number of aromatic nitrogens is 2. The first kappa shape index (κ1) is 25.9. The van der Waals surface area contributed by atoms with Gasteiger partial charge in [-0.2, -0.15) is 5.26 Å². The molecule has 0 aliphatic heterocycles. The molecular formula is C29H33N3O3. The quantitative estimate of drug-likeness (QED) is 0.153. The number of aryl methyl sites for hydroxylation is 1. The summed E-state index contributed by atoms with van der Waals surface area (Å²) in [6, 6.07) is 14.0. The lowest BCUT2D eigenvalue weighted by molar-refractivity contribution is 0.0734. The topological polar surface area (TPSA) is 85.1 Å². The molecule has 3 rings (SSSR count). The molecule has 1 aromatic heterocycles. The van der Waals surface area contributed by atoms with Gasteiger partial charge in [-0.15, -0.1) is 0 Å². The van der Waals surface area contributed by atoms with Gasteiger partial charge < -0.3 is 9.47 Å². The molecule has 0 aliphatic rings. The third-order valence-electron chi connectivity index (χ3n) is 5.66. The predicted molar refractivity (Wildman–Crippen MR) is 136 cm³/mol. The lowest BCUT2D eigenvalue weighted by Crippen LogP contribution is -2.09. The number of carbonyl (C=O) groups excluding carboxylic acids is 1. The molecule has 0 saturated carbocycles. The highest BCUT2D eigenvalue weighted by Crippen LogP contribution is 2.23. The van der Waals surface area contributed by atoms with Crippen LogP contribution in [0.15, 0.2) is 54.9 Å². The van der Waals surface area contributed by atoms with Gasteiger partial charge in [-0.3, -0.25) is 0 Å². The van der Waals surface area contributed by atoms with Gasteiger partial charge in [0.15, 0.2) is 5.82 Å². The first-order valence-electron chi connectivity index (χ1n) is 12.4. The van der Waals surface area contributed by atoms with Crippen molar-refractivity contribution >= 4 is 5.97 Å². The summed E-state index contributed by atoms with van der Waals surface area (Å²) in [5.41, 5.74) is 2.57. The van der Waals surface area contributed by atoms with Gasteiger partial charge in [0.05, 0.1) is 17.7 Å². The predicted octanol–water partition coefficient (Wildman–Crippen LogP) is 6.93. The van der Waals surface area contributed by atoms with Crippen LogP contribution in [0.5, 0.6) is 11.5 Å². The normalized spacial score (nSPS) is 10.5. The molecule has 0 aliphatic carbocycles. The Morgan fingerprint density at radius 2 is 1.63 bits per heavy atom. The molecule has 0 unspecified atom stereocenters. The van der Waals surface area contributed by atoms with E-state index in [1.807, 2.05) is 24.5 Å². The van der Waals surface area contributed by atoms with E-state index in [4.69, 9.17) is 9.47 Å². The molecule has 182 valence electrons. The Balaban J connectivity index is 1.55. The fraction of sp³-hybridized carbons (Fsp3) is 0.379. The van der Waals surface area contributed by atoms with Gasteiger partial charge in [-0.05, 0) is 60.9 Å². The second kappa shape index (κ2) is 13.9. The molecule has 3 aromatic rings. The lowest BCUT2D eigenvalue weighted by atomic mass is 10.1. The molecule has 0 fully saturated rings. The van der Waals surface area contributed by atoms with Crippen molar-refractivity contribution in [3.8, 4) is 29.0 Å². The van der Waals surface area contributed by atoms with Crippen LogP contribution in [0.1, 0.15) is 80.3 Å². The van der Waals surface area contributed by atoms with E-state index in [9.17, 15) is 10.1 Å². The van der Waals surface area contributed by atoms with Crippen LogP contribution in [0.4, 0.5) is 0 Å². The van der Waals surface area contributed by atoms with Crippen molar-refractivity contribution in [3.05, 3.63) is 71.5 Å². The standard InChI is InChI=1S/C29H33N3O3/c1-3-5-6-7-8-9-17-34-27-16-13-24(18-25(27)19-30)29(33)35-26-14-11-23(12-15-26)28-31-20-22(10-4-2)21-32-28/h11-16,18,20-21H,3-10,17H2,1-2H3. The molecule has 0 N–H and O–H groups in total. The minimum atomic E-state index is -0.531. The summed E-state index contributed by atoms with van der Waals surface area (Å²) in [4.78, 5) is 21.5. The van der Waals surface area contributed by atoms with Crippen LogP contribution in [-0.2, 0) is 6.42 Å². The molecule has 0 spiro atoms. The maximum atomic E-state index is 12.6. The van der Waals surface area contributed by atoms with Gasteiger partial charge in [0.25, 0.3) is 0 Å². The van der Waals surface area contributed by atoms with Crippen LogP contribution < -0.4 is 9.47 Å². The van der Waals surface area contributed by atoms with Crippen molar-refractivity contribution in [2.24, 2.45) is 0 Å². The zero-order valence-corrected chi connectivity index (χ0v) is 20.6. The molecule has 0 atom stereocenters. The maximum Gasteiger partial charge on any atom is 0.343 e. The Labute approximate surface area is 208 Å². The average molecular weight is 472 g/mol. The number of unbranched alkanes of at least 4 members (excludes halogenated alkanes) is 5. The van der Waals surface area contributed by atoms with E-state index < -0.39 is 5.97 Å². The van der Waals surface area contributed by atoms with E-state index >= 15 is 0 Å². The zero-order chi connectivity index (χ0) is 24.9. The third kappa shape index (κ3) is 7.92. The third-order valence-corrected chi connectivity index (χ3v) is 5.66. The summed E-state index contributed by atoms with van der Waals surface area (Å²) < 4.78 is 11.3. The molecule has 1 heterocycles. The fourth-order valence-electron chi connectivity index (χ4n) is 3.69. The second-order valence-corrected chi connectivity index (χ2v) is 8.52. The number of hydrogen-bond donors (Lipinski definition) is 0. The Morgan fingerprint density at radius 1 is 0.914 bits per heavy atom. The van der Waals surface area contributed by atoms with E-state index in [0.29, 0.717) is 35.1 Å². The van der Waals surface area contributed by atoms with Crippen LogP contribution in [-0.4, -0.2) is 22.5 Å². The minimum absolute atomic E-state index is 0.299. The number of ether oxygens (including phenoxy) is 2. The van der Waals surface area contributed by atoms with Crippen LogP contribution in [0, 0.1) is 11.3 Å². The van der Waals surface area contributed by atoms with E-state index in [1.165, 1.54) is 31.7 Å². The van der Waals surface area contributed by atoms with E-state index in [2.05, 4.69) is 29.9 Å². The van der Waals surface area contributed by atoms with Crippen LogP contribution in [0.2, 0.25) is 0 Å². The van der Waals surface area contributed by atoms with E-state index in [0.717, 1.165) is 36.8 Å². The number of nitriles is 1. The summed E-state index contributed by atoms with van der Waals surface area (Å²) in [6.07, 6.45) is 12.7. The summed E-state index contributed by atoms with van der Waals surface area (Å²) in [5.74, 6) is 0.991. The van der Waals surface area contributed by atoms with Crippen molar-refractivity contribution in [2.45, 2.75) is 65.2 Å². The first-order chi connectivity index (χ1) is 17.1. The average Bonchev–Trinajstić information content (AvgIpc) is 2.89. The molecule has 6 heteroatoms. The Morgan fingerprint density at radius 3 is 2.31 bits per heavy atom. The van der Waals surface area contributed by atoms with Crippen molar-refractivity contribution < 1.29 is 14.3 Å². The number of benzene rings is 2. The summed E-state index contributed by atoms with van der Waals surface area (Å²) >= 11 is 0.